The molecule has 0 aliphatic rings. The molecule has 104 valence electrons. The maximum atomic E-state index is 10.7. The molecule has 0 aliphatic heterocycles. The summed E-state index contributed by atoms with van der Waals surface area (Å²) in [6.07, 6.45) is 0. The van der Waals surface area contributed by atoms with Gasteiger partial charge in [-0.3, -0.25) is 9.59 Å². The maximum Gasteiger partial charge on any atom is 0.159 e. The smallest absolute Gasteiger partial charge is 0.159 e. The van der Waals surface area contributed by atoms with Gasteiger partial charge in [0.05, 0.1) is 0 Å². The highest BCUT2D eigenvalue weighted by molar-refractivity contribution is 5.94. The van der Waals surface area contributed by atoms with Crippen LogP contribution in [0.2, 0.25) is 0 Å². The predicted molar refractivity (Wildman–Crippen MR) is 81.7 cm³/mol. The van der Waals surface area contributed by atoms with Crippen LogP contribution >= 0.6 is 0 Å². The summed E-state index contributed by atoms with van der Waals surface area (Å²) >= 11 is 0. The van der Waals surface area contributed by atoms with Gasteiger partial charge in [-0.15, -0.1) is 0 Å². The number of hydrogen-bond acceptors (Lipinski definition) is 4. The number of nitrogens with two attached hydrogens (primary N) is 2. The van der Waals surface area contributed by atoms with Crippen LogP contribution < -0.4 is 11.5 Å². The lowest BCUT2D eigenvalue weighted by Gasteiger charge is -1.94. The van der Waals surface area contributed by atoms with Crippen LogP contribution in [0.25, 0.3) is 0 Å². The molecular formula is C16H18N2O2. The largest absolute Gasteiger partial charge is 0.399 e. The van der Waals surface area contributed by atoms with Crippen molar-refractivity contribution >= 4 is 22.9 Å². The Hall–Kier alpha value is -2.62. The van der Waals surface area contributed by atoms with Gasteiger partial charge in [0.1, 0.15) is 0 Å². The quantitative estimate of drug-likeness (QED) is 0.649. The van der Waals surface area contributed by atoms with Crippen LogP contribution in [0.3, 0.4) is 0 Å². The summed E-state index contributed by atoms with van der Waals surface area (Å²) in [6, 6.07) is 13.8. The Kier molecular flexibility index (Phi) is 5.47. The third-order valence-corrected chi connectivity index (χ3v) is 2.63. The molecule has 0 atom stereocenters. The molecule has 0 heterocycles. The number of benzene rings is 2. The number of nitrogen functional groups attached to an aromatic ring is 2. The average molecular weight is 270 g/mol. The number of hydrogen-bond donors (Lipinski definition) is 2. The average Bonchev–Trinajstić information content (AvgIpc) is 2.40. The van der Waals surface area contributed by atoms with E-state index in [-0.39, 0.29) is 11.6 Å². The number of carbonyl (C=O) groups excluding carboxylic acids is 2. The number of carbonyl (C=O) groups is 2. The second kappa shape index (κ2) is 7.09. The Morgan fingerprint density at radius 2 is 0.900 bits per heavy atom. The normalized spacial score (nSPS) is 9.30. The number of Topliss-reactive ketones (excluding diaryl/α,β-unsaturated/α-hetero) is 2. The van der Waals surface area contributed by atoms with Gasteiger partial charge in [0.25, 0.3) is 0 Å². The van der Waals surface area contributed by atoms with E-state index in [1.807, 2.05) is 0 Å². The lowest BCUT2D eigenvalue weighted by atomic mass is 10.1. The van der Waals surface area contributed by atoms with Crippen molar-refractivity contribution in [2.45, 2.75) is 13.8 Å². The van der Waals surface area contributed by atoms with Crippen molar-refractivity contribution in [3.63, 3.8) is 0 Å². The van der Waals surface area contributed by atoms with Gasteiger partial charge in [-0.2, -0.15) is 0 Å². The Bertz CT molecular complexity index is 531. The van der Waals surface area contributed by atoms with Crippen molar-refractivity contribution in [2.75, 3.05) is 11.5 Å². The van der Waals surface area contributed by atoms with Gasteiger partial charge in [0.15, 0.2) is 11.6 Å². The van der Waals surface area contributed by atoms with Crippen molar-refractivity contribution in [1.82, 2.24) is 0 Å². The molecule has 0 radical (unpaired) electrons. The third-order valence-electron chi connectivity index (χ3n) is 2.63. The van der Waals surface area contributed by atoms with E-state index in [4.69, 9.17) is 11.5 Å². The van der Waals surface area contributed by atoms with Crippen LogP contribution in [0, 0.1) is 0 Å². The standard InChI is InChI=1S/2C8H9NO/c2*1-6(10)7-2-4-8(9)5-3-7/h2*2-5H,9H2,1H3. The summed E-state index contributed by atoms with van der Waals surface area (Å²) in [5.41, 5.74) is 13.6. The fourth-order valence-corrected chi connectivity index (χ4v) is 1.44. The topological polar surface area (TPSA) is 86.2 Å². The highest BCUT2D eigenvalue weighted by Crippen LogP contribution is 2.05. The third kappa shape index (κ3) is 4.94. The second-order valence-electron chi connectivity index (χ2n) is 4.36. The lowest BCUT2D eigenvalue weighted by molar-refractivity contribution is 0.100. The molecule has 4 N–H and O–H groups in total. The first-order chi connectivity index (χ1) is 9.40. The van der Waals surface area contributed by atoms with Crippen molar-refractivity contribution < 1.29 is 9.59 Å². The van der Waals surface area contributed by atoms with Crippen molar-refractivity contribution in [3.05, 3.63) is 59.7 Å². The molecular weight excluding hydrogens is 252 g/mol. The summed E-state index contributed by atoms with van der Waals surface area (Å²) in [5, 5.41) is 0. The summed E-state index contributed by atoms with van der Waals surface area (Å²) in [6.45, 7) is 3.07. The van der Waals surface area contributed by atoms with E-state index >= 15 is 0 Å². The number of anilines is 2. The van der Waals surface area contributed by atoms with Gasteiger partial charge < -0.3 is 11.5 Å². The predicted octanol–water partition coefficient (Wildman–Crippen LogP) is 2.94. The molecule has 0 fully saturated rings. The maximum absolute atomic E-state index is 10.7. The fourth-order valence-electron chi connectivity index (χ4n) is 1.44. The van der Waals surface area contributed by atoms with Crippen molar-refractivity contribution in [3.8, 4) is 0 Å². The minimum atomic E-state index is 0.0694. The van der Waals surface area contributed by atoms with Crippen LogP contribution in [0.4, 0.5) is 11.4 Å². The molecule has 0 saturated carbocycles. The van der Waals surface area contributed by atoms with Crippen LogP contribution in [0.15, 0.2) is 48.5 Å². The van der Waals surface area contributed by atoms with Gasteiger partial charge in [-0.25, -0.2) is 0 Å². The van der Waals surface area contributed by atoms with E-state index in [1.165, 1.54) is 13.8 Å². The molecule has 0 unspecified atom stereocenters. The first kappa shape index (κ1) is 15.4. The molecule has 0 bridgehead atoms. The van der Waals surface area contributed by atoms with Crippen LogP contribution in [0.1, 0.15) is 34.6 Å². The van der Waals surface area contributed by atoms with E-state index in [2.05, 4.69) is 0 Å². The molecule has 2 rings (SSSR count). The molecule has 2 aromatic carbocycles. The van der Waals surface area contributed by atoms with E-state index in [1.54, 1.807) is 48.5 Å². The SMILES string of the molecule is CC(=O)c1ccc(N)cc1.CC(=O)c1ccc(N)cc1. The Labute approximate surface area is 118 Å². The van der Waals surface area contributed by atoms with Gasteiger partial charge in [-0.1, -0.05) is 0 Å². The van der Waals surface area contributed by atoms with Crippen molar-refractivity contribution in [1.29, 1.82) is 0 Å². The van der Waals surface area contributed by atoms with Gasteiger partial charge in [0.2, 0.25) is 0 Å². The summed E-state index contributed by atoms with van der Waals surface area (Å²) in [7, 11) is 0. The first-order valence-electron chi connectivity index (χ1n) is 6.13. The Morgan fingerprint density at radius 1 is 0.650 bits per heavy atom. The zero-order valence-corrected chi connectivity index (χ0v) is 11.6. The second-order valence-corrected chi connectivity index (χ2v) is 4.36. The van der Waals surface area contributed by atoms with E-state index in [0.717, 1.165) is 0 Å². The van der Waals surface area contributed by atoms with Gasteiger partial charge in [0, 0.05) is 22.5 Å². The zero-order valence-electron chi connectivity index (χ0n) is 11.6. The molecule has 0 aliphatic carbocycles. The molecule has 4 nitrogen and oxygen atoms in total. The molecule has 20 heavy (non-hydrogen) atoms. The molecule has 0 amide bonds. The number of rotatable bonds is 2. The Balaban J connectivity index is 0.000000200. The summed E-state index contributed by atoms with van der Waals surface area (Å²) in [5.74, 6) is 0.139. The van der Waals surface area contributed by atoms with E-state index < -0.39 is 0 Å². The molecule has 0 aromatic heterocycles. The summed E-state index contributed by atoms with van der Waals surface area (Å²) < 4.78 is 0. The molecule has 0 saturated heterocycles. The molecule has 2 aromatic rings. The van der Waals surface area contributed by atoms with E-state index in [9.17, 15) is 9.59 Å². The zero-order chi connectivity index (χ0) is 15.1. The Morgan fingerprint density at radius 3 is 1.10 bits per heavy atom. The van der Waals surface area contributed by atoms with E-state index in [0.29, 0.717) is 22.5 Å². The molecule has 4 heteroatoms. The van der Waals surface area contributed by atoms with Crippen LogP contribution in [-0.4, -0.2) is 11.6 Å². The van der Waals surface area contributed by atoms with Crippen LogP contribution in [0.5, 0.6) is 0 Å². The lowest BCUT2D eigenvalue weighted by Crippen LogP contribution is -1.91. The highest BCUT2D eigenvalue weighted by Gasteiger charge is 1.96. The minimum Gasteiger partial charge on any atom is -0.399 e. The van der Waals surface area contributed by atoms with Gasteiger partial charge >= 0.3 is 0 Å². The minimum absolute atomic E-state index is 0.0694. The van der Waals surface area contributed by atoms with Gasteiger partial charge in [-0.05, 0) is 62.4 Å². The van der Waals surface area contributed by atoms with Crippen molar-refractivity contribution in [2.24, 2.45) is 0 Å². The molecule has 0 spiro atoms. The fraction of sp³-hybridized carbons (Fsp3) is 0.125. The monoisotopic (exact) mass is 270 g/mol. The highest BCUT2D eigenvalue weighted by atomic mass is 16.1. The first-order valence-corrected chi connectivity index (χ1v) is 6.13. The number of ketones is 2. The summed E-state index contributed by atoms with van der Waals surface area (Å²) in [4.78, 5) is 21.4. The van der Waals surface area contributed by atoms with Crippen LogP contribution in [-0.2, 0) is 0 Å².